The van der Waals surface area contributed by atoms with Gasteiger partial charge in [-0.1, -0.05) is 97.1 Å². The topological polar surface area (TPSA) is 30.2 Å². The number of hydrogen-bond acceptors (Lipinski definition) is 3. The number of rotatable bonds is 6. The van der Waals surface area contributed by atoms with Crippen molar-refractivity contribution in [3.8, 4) is 11.4 Å². The maximum Gasteiger partial charge on any atom is 0.186 e. The number of nitrogens with zero attached hydrogens (tertiary/aromatic N) is 3. The first-order chi connectivity index (χ1) is 19.8. The molecule has 0 unspecified atom stereocenters. The van der Waals surface area contributed by atoms with Crippen LogP contribution in [0, 0.1) is 0 Å². The van der Waals surface area contributed by atoms with Crippen LogP contribution in [0.15, 0.2) is 151 Å². The maximum atomic E-state index is 5.47. The minimum atomic E-state index is -2.44. The van der Waals surface area contributed by atoms with E-state index in [1.165, 1.54) is 21.2 Å². The highest BCUT2D eigenvalue weighted by Crippen LogP contribution is 2.56. The lowest BCUT2D eigenvalue weighted by Gasteiger charge is -2.29. The van der Waals surface area contributed by atoms with Crippen molar-refractivity contribution in [2.45, 2.75) is 5.03 Å². The van der Waals surface area contributed by atoms with E-state index in [1.54, 1.807) is 11.8 Å². The molecule has 7 aromatic rings. The largest absolute Gasteiger partial charge is 0.273 e. The number of hydrogen-bond donors (Lipinski definition) is 0. The highest BCUT2D eigenvalue weighted by molar-refractivity contribution is 8.04. The number of thioether (sulfide) groups is 1. The summed E-state index contributed by atoms with van der Waals surface area (Å²) in [5, 5.41) is 6.05. The minimum absolute atomic E-state index is 0.907. The third-order valence-corrected chi connectivity index (χ3v) is 12.5. The second kappa shape index (κ2) is 10.4. The Kier molecular flexibility index (Phi) is 6.43. The molecule has 40 heavy (non-hydrogen) atoms. The molecule has 0 saturated carbocycles. The summed E-state index contributed by atoms with van der Waals surface area (Å²) in [6, 6.07) is 51.8. The van der Waals surface area contributed by atoms with Gasteiger partial charge < -0.3 is 0 Å². The molecule has 0 fully saturated rings. The Morgan fingerprint density at radius 1 is 0.550 bits per heavy atom. The summed E-state index contributed by atoms with van der Waals surface area (Å²) in [7, 11) is -2.44. The first-order valence-electron chi connectivity index (χ1n) is 13.3. The summed E-state index contributed by atoms with van der Waals surface area (Å²) in [5.74, 6) is 0.907. The van der Waals surface area contributed by atoms with E-state index in [4.69, 9.17) is 9.97 Å². The molecule has 0 radical (unpaired) electrons. The highest BCUT2D eigenvalue weighted by atomic mass is 32.2. The van der Waals surface area contributed by atoms with E-state index in [2.05, 4.69) is 150 Å². The Morgan fingerprint density at radius 2 is 1.02 bits per heavy atom. The average Bonchev–Trinajstić information content (AvgIpc) is 3.43. The molecular formula is C35H27N3PS+. The van der Waals surface area contributed by atoms with Crippen molar-refractivity contribution in [1.82, 2.24) is 14.4 Å². The Balaban J connectivity index is 1.74. The van der Waals surface area contributed by atoms with E-state index in [1.807, 2.05) is 6.07 Å². The van der Waals surface area contributed by atoms with E-state index in [9.17, 15) is 0 Å². The lowest BCUT2D eigenvalue weighted by molar-refractivity contribution is 1.06. The quantitative estimate of drug-likeness (QED) is 0.128. The van der Waals surface area contributed by atoms with Gasteiger partial charge in [0.1, 0.15) is 26.8 Å². The third kappa shape index (κ3) is 3.87. The second-order valence-corrected chi connectivity index (χ2v) is 13.7. The molecule has 0 aliphatic carbocycles. The van der Waals surface area contributed by atoms with Crippen molar-refractivity contribution in [3.05, 3.63) is 146 Å². The lowest BCUT2D eigenvalue weighted by atomic mass is 10.2. The van der Waals surface area contributed by atoms with Gasteiger partial charge >= 0.3 is 0 Å². The van der Waals surface area contributed by atoms with Crippen LogP contribution in [0.3, 0.4) is 0 Å². The van der Waals surface area contributed by atoms with Crippen molar-refractivity contribution < 1.29 is 0 Å². The van der Waals surface area contributed by atoms with Gasteiger partial charge in [-0.3, -0.25) is 4.40 Å². The molecule has 0 aliphatic heterocycles. The zero-order valence-corrected chi connectivity index (χ0v) is 23.8. The van der Waals surface area contributed by atoms with Gasteiger partial charge in [0.05, 0.1) is 11.0 Å². The van der Waals surface area contributed by atoms with Gasteiger partial charge in [0.25, 0.3) is 0 Å². The summed E-state index contributed by atoms with van der Waals surface area (Å²) in [4.78, 5) is 10.9. The van der Waals surface area contributed by atoms with Crippen LogP contribution < -0.4 is 21.2 Å². The highest BCUT2D eigenvalue weighted by Gasteiger charge is 2.52. The number of fused-ring (bicyclic) bond motifs is 3. The molecular weight excluding hydrogens is 525 g/mol. The van der Waals surface area contributed by atoms with Crippen molar-refractivity contribution >= 4 is 56.9 Å². The van der Waals surface area contributed by atoms with E-state index >= 15 is 0 Å². The van der Waals surface area contributed by atoms with Crippen LogP contribution in [0.4, 0.5) is 0 Å². The first-order valence-corrected chi connectivity index (χ1v) is 16.3. The van der Waals surface area contributed by atoms with Crippen LogP contribution in [-0.4, -0.2) is 20.6 Å². The fourth-order valence-corrected chi connectivity index (χ4v) is 11.2. The third-order valence-electron chi connectivity index (χ3n) is 7.39. The number of imidazole rings is 1. The smallest absolute Gasteiger partial charge is 0.186 e. The Bertz CT molecular complexity index is 1830. The van der Waals surface area contributed by atoms with E-state index < -0.39 is 7.26 Å². The molecule has 2 heterocycles. The molecule has 0 N–H and O–H groups in total. The minimum Gasteiger partial charge on any atom is -0.273 e. The maximum absolute atomic E-state index is 5.47. The van der Waals surface area contributed by atoms with Gasteiger partial charge in [-0.15, -0.1) is 11.8 Å². The molecule has 0 bridgehead atoms. The second-order valence-electron chi connectivity index (χ2n) is 9.60. The van der Waals surface area contributed by atoms with Gasteiger partial charge in [-0.05, 0) is 54.8 Å². The SMILES string of the molecule is CSc1nc(-c2ccccc2)n2c(nc3ccccc32)c1[P+](c1ccccc1)(c1ccccc1)c1ccccc1. The standard InChI is InChI=1S/C35H27N3PS/c1-40-35-32(34-36-30-24-14-15-25-31(30)38(34)33(37-35)26-16-6-2-7-17-26)39(27-18-8-3-9-19-27,28-20-10-4-11-21-28)29-22-12-5-13-23-29/h2-25H,1H3/q+1. The van der Waals surface area contributed by atoms with Gasteiger partial charge in [-0.2, -0.15) is 0 Å². The van der Waals surface area contributed by atoms with Crippen LogP contribution in [-0.2, 0) is 0 Å². The fourth-order valence-electron chi connectivity index (χ4n) is 5.70. The lowest BCUT2D eigenvalue weighted by Crippen LogP contribution is -2.40. The normalized spacial score (nSPS) is 11.7. The predicted molar refractivity (Wildman–Crippen MR) is 172 cm³/mol. The fraction of sp³-hybridized carbons (Fsp3) is 0.0286. The van der Waals surface area contributed by atoms with E-state index in [0.717, 1.165) is 33.1 Å². The molecule has 0 atom stereocenters. The van der Waals surface area contributed by atoms with E-state index in [-0.39, 0.29) is 0 Å². The summed E-state index contributed by atoms with van der Waals surface area (Å²) in [6.07, 6.45) is 2.13. The molecule has 0 spiro atoms. The zero-order valence-electron chi connectivity index (χ0n) is 22.1. The molecule has 192 valence electrons. The molecule has 0 saturated heterocycles. The predicted octanol–water partition coefficient (Wildman–Crippen LogP) is 6.89. The molecule has 0 aliphatic rings. The van der Waals surface area contributed by atoms with Crippen LogP contribution in [0.5, 0.6) is 0 Å². The number of benzene rings is 5. The zero-order chi connectivity index (χ0) is 26.9. The van der Waals surface area contributed by atoms with Gasteiger partial charge in [0.2, 0.25) is 0 Å². The van der Waals surface area contributed by atoms with Crippen LogP contribution in [0.2, 0.25) is 0 Å². The van der Waals surface area contributed by atoms with Crippen molar-refractivity contribution in [1.29, 1.82) is 0 Å². The first kappa shape index (κ1) is 24.8. The van der Waals surface area contributed by atoms with Crippen LogP contribution >= 0.6 is 19.0 Å². The van der Waals surface area contributed by atoms with Crippen LogP contribution in [0.25, 0.3) is 28.1 Å². The molecule has 5 aromatic carbocycles. The molecule has 0 amide bonds. The summed E-state index contributed by atoms with van der Waals surface area (Å²) in [6.45, 7) is 0. The number of para-hydroxylation sites is 2. The average molecular weight is 553 g/mol. The van der Waals surface area contributed by atoms with Crippen molar-refractivity contribution in [2.75, 3.05) is 6.26 Å². The Hall–Kier alpha value is -4.24. The van der Waals surface area contributed by atoms with Crippen LogP contribution in [0.1, 0.15) is 0 Å². The van der Waals surface area contributed by atoms with Gasteiger partial charge in [-0.25, -0.2) is 9.97 Å². The summed E-state index contributed by atoms with van der Waals surface area (Å²) < 4.78 is 2.28. The van der Waals surface area contributed by atoms with Gasteiger partial charge in [0.15, 0.2) is 18.2 Å². The monoisotopic (exact) mass is 552 g/mol. The molecule has 7 rings (SSSR count). The van der Waals surface area contributed by atoms with Crippen molar-refractivity contribution in [3.63, 3.8) is 0 Å². The summed E-state index contributed by atoms with van der Waals surface area (Å²) >= 11 is 1.70. The molecule has 5 heteroatoms. The Morgan fingerprint density at radius 3 is 1.55 bits per heavy atom. The van der Waals surface area contributed by atoms with E-state index in [0.29, 0.717) is 0 Å². The van der Waals surface area contributed by atoms with Crippen molar-refractivity contribution in [2.24, 2.45) is 0 Å². The Labute approximate surface area is 238 Å². The number of aromatic nitrogens is 3. The molecule has 3 nitrogen and oxygen atoms in total. The summed E-state index contributed by atoms with van der Waals surface area (Å²) in [5.41, 5.74) is 4.06. The van der Waals surface area contributed by atoms with Gasteiger partial charge in [0, 0.05) is 5.56 Å². The molecule has 2 aromatic heterocycles.